The van der Waals surface area contributed by atoms with E-state index in [-0.39, 0.29) is 5.69 Å². The highest BCUT2D eigenvalue weighted by Gasteiger charge is 2.13. The van der Waals surface area contributed by atoms with E-state index in [1.807, 2.05) is 30.3 Å². The van der Waals surface area contributed by atoms with E-state index in [4.69, 9.17) is 11.6 Å². The zero-order chi connectivity index (χ0) is 14.4. The summed E-state index contributed by atoms with van der Waals surface area (Å²) in [6.45, 7) is 0.641. The van der Waals surface area contributed by atoms with E-state index < -0.39 is 4.92 Å². The van der Waals surface area contributed by atoms with Gasteiger partial charge in [-0.2, -0.15) is 0 Å². The zero-order valence-corrected chi connectivity index (χ0v) is 12.2. The normalized spacial score (nSPS) is 10.2. The Bertz CT molecular complexity index is 593. The Labute approximate surface area is 126 Å². The van der Waals surface area contributed by atoms with Crippen molar-refractivity contribution in [3.05, 3.63) is 63.7 Å². The Morgan fingerprint density at radius 1 is 1.20 bits per heavy atom. The average Bonchev–Trinajstić information content (AvgIpc) is 2.45. The first kappa shape index (κ1) is 14.7. The van der Waals surface area contributed by atoms with Crippen molar-refractivity contribution in [3.63, 3.8) is 0 Å². The van der Waals surface area contributed by atoms with Gasteiger partial charge in [-0.1, -0.05) is 29.8 Å². The first-order valence-electron chi connectivity index (χ1n) is 6.02. The Morgan fingerprint density at radius 2 is 1.95 bits per heavy atom. The maximum atomic E-state index is 10.9. The Kier molecular flexibility index (Phi) is 5.26. The van der Waals surface area contributed by atoms with Crippen molar-refractivity contribution < 1.29 is 4.92 Å². The molecule has 2 rings (SSSR count). The lowest BCUT2D eigenvalue weighted by molar-refractivity contribution is -0.383. The second kappa shape index (κ2) is 7.17. The number of thioether (sulfide) groups is 1. The van der Waals surface area contributed by atoms with Gasteiger partial charge in [0.2, 0.25) is 0 Å². The van der Waals surface area contributed by atoms with Crippen molar-refractivity contribution in [2.45, 2.75) is 4.90 Å². The lowest BCUT2D eigenvalue weighted by Gasteiger charge is -2.07. The number of nitrogens with zero attached hydrogens (tertiary/aromatic N) is 1. The van der Waals surface area contributed by atoms with Gasteiger partial charge in [0.05, 0.1) is 4.92 Å². The molecule has 0 bridgehead atoms. The highest BCUT2D eigenvalue weighted by Crippen LogP contribution is 2.27. The predicted octanol–water partition coefficient (Wildman–Crippen LogP) is 4.45. The minimum absolute atomic E-state index is 0.00205. The Balaban J connectivity index is 1.90. The first-order chi connectivity index (χ1) is 9.66. The van der Waals surface area contributed by atoms with Crippen LogP contribution < -0.4 is 5.32 Å². The number of nitrogens with one attached hydrogen (secondary N) is 1. The van der Waals surface area contributed by atoms with Crippen LogP contribution in [0.1, 0.15) is 0 Å². The van der Waals surface area contributed by atoms with E-state index in [2.05, 4.69) is 5.32 Å². The van der Waals surface area contributed by atoms with Gasteiger partial charge in [-0.25, -0.2) is 0 Å². The number of nitro benzene ring substituents is 1. The van der Waals surface area contributed by atoms with Gasteiger partial charge in [0, 0.05) is 28.3 Å². The SMILES string of the molecule is O=[N+]([O-])c1cc(Cl)ccc1NCCSc1ccccc1. The molecule has 6 heteroatoms. The molecule has 104 valence electrons. The van der Waals surface area contributed by atoms with Gasteiger partial charge in [-0.15, -0.1) is 11.8 Å². The monoisotopic (exact) mass is 308 g/mol. The fourth-order valence-electron chi connectivity index (χ4n) is 1.68. The van der Waals surface area contributed by atoms with Crippen molar-refractivity contribution in [3.8, 4) is 0 Å². The topological polar surface area (TPSA) is 55.2 Å². The number of benzene rings is 2. The van der Waals surface area contributed by atoms with Crippen molar-refractivity contribution in [1.82, 2.24) is 0 Å². The lowest BCUT2D eigenvalue weighted by Crippen LogP contribution is -2.06. The zero-order valence-electron chi connectivity index (χ0n) is 10.6. The van der Waals surface area contributed by atoms with Gasteiger partial charge in [0.25, 0.3) is 5.69 Å². The van der Waals surface area contributed by atoms with Gasteiger partial charge < -0.3 is 5.32 Å². The first-order valence-corrected chi connectivity index (χ1v) is 7.39. The number of anilines is 1. The van der Waals surface area contributed by atoms with Crippen molar-refractivity contribution in [2.75, 3.05) is 17.6 Å². The number of rotatable bonds is 6. The van der Waals surface area contributed by atoms with Gasteiger partial charge in [0.15, 0.2) is 0 Å². The fourth-order valence-corrected chi connectivity index (χ4v) is 2.63. The van der Waals surface area contributed by atoms with Crippen LogP contribution in [0.4, 0.5) is 11.4 Å². The lowest BCUT2D eigenvalue weighted by atomic mass is 10.2. The van der Waals surface area contributed by atoms with Crippen LogP contribution in [0.2, 0.25) is 5.02 Å². The molecule has 4 nitrogen and oxygen atoms in total. The Morgan fingerprint density at radius 3 is 2.65 bits per heavy atom. The van der Waals surface area contributed by atoms with Crippen LogP contribution in [0.15, 0.2) is 53.4 Å². The molecule has 0 saturated heterocycles. The number of halogens is 1. The molecule has 0 aliphatic carbocycles. The smallest absolute Gasteiger partial charge is 0.293 e. The summed E-state index contributed by atoms with van der Waals surface area (Å²) in [6.07, 6.45) is 0. The molecule has 0 saturated carbocycles. The van der Waals surface area contributed by atoms with E-state index in [1.165, 1.54) is 11.0 Å². The van der Waals surface area contributed by atoms with Crippen molar-refractivity contribution in [2.24, 2.45) is 0 Å². The third kappa shape index (κ3) is 4.15. The average molecular weight is 309 g/mol. The molecule has 0 unspecified atom stereocenters. The molecule has 0 fully saturated rings. The molecule has 0 atom stereocenters. The molecular weight excluding hydrogens is 296 g/mol. The summed E-state index contributed by atoms with van der Waals surface area (Å²) in [7, 11) is 0. The molecule has 0 aliphatic rings. The van der Waals surface area contributed by atoms with Gasteiger partial charge in [-0.3, -0.25) is 10.1 Å². The van der Waals surface area contributed by atoms with Crippen LogP contribution in [-0.2, 0) is 0 Å². The van der Waals surface area contributed by atoms with Gasteiger partial charge in [0.1, 0.15) is 5.69 Å². The van der Waals surface area contributed by atoms with Crippen molar-refractivity contribution in [1.29, 1.82) is 0 Å². The van der Waals surface area contributed by atoms with E-state index in [1.54, 1.807) is 23.9 Å². The molecule has 20 heavy (non-hydrogen) atoms. The van der Waals surface area contributed by atoms with Crippen LogP contribution in [0.5, 0.6) is 0 Å². The minimum Gasteiger partial charge on any atom is -0.379 e. The van der Waals surface area contributed by atoms with Crippen LogP contribution in [0.3, 0.4) is 0 Å². The molecule has 0 heterocycles. The summed E-state index contributed by atoms with van der Waals surface area (Å²) in [5.74, 6) is 0.823. The number of nitro groups is 1. The van der Waals surface area contributed by atoms with Crippen LogP contribution in [-0.4, -0.2) is 17.2 Å². The third-order valence-corrected chi connectivity index (χ3v) is 3.83. The highest BCUT2D eigenvalue weighted by molar-refractivity contribution is 7.99. The number of hydrogen-bond acceptors (Lipinski definition) is 4. The van der Waals surface area contributed by atoms with E-state index in [0.717, 1.165) is 5.75 Å². The summed E-state index contributed by atoms with van der Waals surface area (Å²) in [4.78, 5) is 11.7. The molecule has 0 spiro atoms. The minimum atomic E-state index is -0.432. The molecule has 0 aliphatic heterocycles. The van der Waals surface area contributed by atoms with E-state index in [0.29, 0.717) is 17.3 Å². The summed E-state index contributed by atoms with van der Waals surface area (Å²) in [6, 6.07) is 14.6. The molecule has 0 radical (unpaired) electrons. The second-order valence-electron chi connectivity index (χ2n) is 4.01. The molecule has 0 aromatic heterocycles. The van der Waals surface area contributed by atoms with Crippen LogP contribution in [0.25, 0.3) is 0 Å². The predicted molar refractivity (Wildman–Crippen MR) is 83.8 cm³/mol. The van der Waals surface area contributed by atoms with Crippen molar-refractivity contribution >= 4 is 34.7 Å². The van der Waals surface area contributed by atoms with E-state index in [9.17, 15) is 10.1 Å². The van der Waals surface area contributed by atoms with Gasteiger partial charge >= 0.3 is 0 Å². The standard InChI is InChI=1S/C14H13ClN2O2S/c15-11-6-7-13(14(10-11)17(18)19)16-8-9-20-12-4-2-1-3-5-12/h1-7,10,16H,8-9H2. The number of hydrogen-bond donors (Lipinski definition) is 1. The van der Waals surface area contributed by atoms with Crippen LogP contribution in [0, 0.1) is 10.1 Å². The Hall–Kier alpha value is -1.72. The third-order valence-electron chi connectivity index (χ3n) is 2.59. The molecule has 1 N–H and O–H groups in total. The maximum absolute atomic E-state index is 10.9. The summed E-state index contributed by atoms with van der Waals surface area (Å²) < 4.78 is 0. The maximum Gasteiger partial charge on any atom is 0.293 e. The highest BCUT2D eigenvalue weighted by atomic mass is 35.5. The van der Waals surface area contributed by atoms with E-state index >= 15 is 0 Å². The fraction of sp³-hybridized carbons (Fsp3) is 0.143. The second-order valence-corrected chi connectivity index (χ2v) is 5.61. The summed E-state index contributed by atoms with van der Waals surface area (Å²) in [5, 5.41) is 14.4. The quantitative estimate of drug-likeness (QED) is 0.371. The summed E-state index contributed by atoms with van der Waals surface area (Å²) >= 11 is 7.46. The molecule has 2 aromatic rings. The molecule has 0 amide bonds. The van der Waals surface area contributed by atoms with Gasteiger partial charge in [-0.05, 0) is 24.3 Å². The molecular formula is C14H13ClN2O2S. The van der Waals surface area contributed by atoms with Crippen LogP contribution >= 0.6 is 23.4 Å². The largest absolute Gasteiger partial charge is 0.379 e. The molecule has 2 aromatic carbocycles. The summed E-state index contributed by atoms with van der Waals surface area (Å²) in [5.41, 5.74) is 0.496.